The van der Waals surface area contributed by atoms with Gasteiger partial charge in [0.15, 0.2) is 17.5 Å². The number of benzene rings is 2. The first-order valence-electron chi connectivity index (χ1n) is 22.5. The van der Waals surface area contributed by atoms with Gasteiger partial charge in [0.1, 0.15) is 42.3 Å². The number of fused-ring (bicyclic) bond motifs is 5. The molecule has 2 aromatic rings. The summed E-state index contributed by atoms with van der Waals surface area (Å²) in [5.74, 6) is -4.56. The summed E-state index contributed by atoms with van der Waals surface area (Å²) in [6.45, 7) is 14.7. The summed E-state index contributed by atoms with van der Waals surface area (Å²) in [5.41, 5.74) is -6.90. The number of esters is 3. The average Bonchev–Trinajstić information content (AvgIpc) is 3.26. The monoisotopic (exact) mass is 920 g/mol. The largest absolute Gasteiger partial charge is 0.456 e. The highest BCUT2D eigenvalue weighted by Crippen LogP contribution is 2.65. The van der Waals surface area contributed by atoms with Gasteiger partial charge in [-0.1, -0.05) is 62.4 Å². The molecule has 0 spiro atoms. The lowest BCUT2D eigenvalue weighted by molar-refractivity contribution is -0.347. The quantitative estimate of drug-likeness (QED) is 0.154. The smallest absolute Gasteiger partial charge is 0.408 e. The third kappa shape index (κ3) is 8.91. The molecule has 2 aromatic carbocycles. The van der Waals surface area contributed by atoms with Gasteiger partial charge in [-0.15, -0.1) is 0 Å². The Balaban J connectivity index is 1.40. The van der Waals surface area contributed by atoms with E-state index in [1.165, 1.54) is 14.0 Å². The van der Waals surface area contributed by atoms with Gasteiger partial charge in [0.2, 0.25) is 0 Å². The molecule has 2 saturated carbocycles. The lowest BCUT2D eigenvalue weighted by Gasteiger charge is -2.68. The lowest BCUT2D eigenvalue weighted by Crippen LogP contribution is -2.82. The number of methoxy groups -OCH3 is 1. The highest BCUT2D eigenvalue weighted by Gasteiger charge is 2.78. The maximum absolute atomic E-state index is 16.1. The molecule has 5 aliphatic rings. The molecule has 3 aliphatic carbocycles. The molecule has 11 atom stereocenters. The van der Waals surface area contributed by atoms with E-state index in [1.54, 1.807) is 109 Å². The normalized spacial score (nSPS) is 32.7. The van der Waals surface area contributed by atoms with Crippen LogP contribution >= 0.6 is 0 Å². The Morgan fingerprint density at radius 3 is 2.18 bits per heavy atom. The highest BCUT2D eigenvalue weighted by atomic mass is 16.6. The van der Waals surface area contributed by atoms with E-state index in [4.69, 9.17) is 37.9 Å². The Hall–Kier alpha value is -4.75. The molecular formula is C49H64N2O15. The fourth-order valence-corrected chi connectivity index (χ4v) is 10.9. The molecule has 0 aromatic heterocycles. The number of carbonyl (C=O) groups excluding carboxylic acids is 5. The van der Waals surface area contributed by atoms with Gasteiger partial charge < -0.3 is 53.4 Å². The molecule has 0 radical (unpaired) electrons. The molecule has 360 valence electrons. The van der Waals surface area contributed by atoms with Crippen molar-refractivity contribution >= 4 is 29.8 Å². The van der Waals surface area contributed by atoms with Crippen LogP contribution in [0, 0.1) is 16.7 Å². The van der Waals surface area contributed by atoms with Crippen molar-refractivity contribution in [1.82, 2.24) is 10.2 Å². The summed E-state index contributed by atoms with van der Waals surface area (Å²) >= 11 is 0. The van der Waals surface area contributed by atoms with Gasteiger partial charge in [-0.05, 0) is 63.5 Å². The number of carbonyl (C=O) groups is 5. The topological polar surface area (TPSA) is 215 Å². The lowest BCUT2D eigenvalue weighted by atomic mass is 9.44. The fraction of sp³-hybridized carbons (Fsp3) is 0.612. The van der Waals surface area contributed by atoms with Crippen LogP contribution in [0.5, 0.6) is 0 Å². The number of Topliss-reactive ketones (excluding diaryl/α,β-unsaturated/α-hetero) is 1. The molecule has 2 bridgehead atoms. The fourth-order valence-electron chi connectivity index (χ4n) is 10.9. The first-order valence-corrected chi connectivity index (χ1v) is 22.5. The number of alkyl carbamates (subject to hydrolysis) is 1. The number of nitrogens with zero attached hydrogens (tertiary/aromatic N) is 1. The van der Waals surface area contributed by atoms with E-state index in [9.17, 15) is 29.4 Å². The zero-order valence-electron chi connectivity index (χ0n) is 39.2. The second-order valence-corrected chi connectivity index (χ2v) is 19.8. The minimum Gasteiger partial charge on any atom is -0.456 e. The SMILES string of the molecule is CO[C@H]1C[C@H]2OC[C@@]2(OC(C)=O)[C@H]2[C@H](OC(=O)c3ccccc3)[C@]3(O)C[C@H](OC(=O)[C@H](O)[C@@H](NC(=O)OC(C)(C)C)c4ccccc4)C(C)=C([C@@H](OCN4CCOCC4)C(=O)[C@]12C)C3(C)C. The van der Waals surface area contributed by atoms with Gasteiger partial charge in [0.25, 0.3) is 0 Å². The van der Waals surface area contributed by atoms with Crippen molar-refractivity contribution in [3.8, 4) is 0 Å². The van der Waals surface area contributed by atoms with E-state index < -0.39 is 112 Å². The maximum atomic E-state index is 16.1. The van der Waals surface area contributed by atoms with Crippen LogP contribution in [0.4, 0.5) is 4.79 Å². The van der Waals surface area contributed by atoms with Crippen LogP contribution in [0.25, 0.3) is 0 Å². The van der Waals surface area contributed by atoms with Crippen molar-refractivity contribution in [3.63, 3.8) is 0 Å². The molecule has 4 fully saturated rings. The van der Waals surface area contributed by atoms with Gasteiger partial charge >= 0.3 is 24.0 Å². The standard InChI is InChI=1S/C49H64N2O15/c1-28-32(63-43(56)37(53)36(30-16-12-10-13-17-30)50-44(57)66-45(3,4)5)25-49(58)41(64-42(55)31-18-14-11-15-19-31)39-47(8,33(59-9)24-34-48(39,26-61-34)65-29(2)52)40(54)38(35(28)46(49,6)7)62-27-51-20-22-60-23-21-51/h10-19,32-34,36-39,41,53,58H,20-27H2,1-9H3,(H,50,57)/t32-,33-,34+,36-,37+,38+,39-,41-,47+,48-,49+/m0/s1. The van der Waals surface area contributed by atoms with Gasteiger partial charge in [0.05, 0.1) is 48.9 Å². The predicted octanol–water partition coefficient (Wildman–Crippen LogP) is 4.23. The summed E-state index contributed by atoms with van der Waals surface area (Å²) in [6, 6.07) is 15.1. The molecule has 2 saturated heterocycles. The maximum Gasteiger partial charge on any atom is 0.408 e. The van der Waals surface area contributed by atoms with E-state index in [2.05, 4.69) is 5.32 Å². The van der Waals surface area contributed by atoms with E-state index >= 15 is 4.79 Å². The second kappa shape index (κ2) is 18.7. The van der Waals surface area contributed by atoms with E-state index in [0.29, 0.717) is 37.4 Å². The zero-order valence-corrected chi connectivity index (χ0v) is 39.2. The molecule has 66 heavy (non-hydrogen) atoms. The van der Waals surface area contributed by atoms with E-state index in [0.717, 1.165) is 0 Å². The number of nitrogens with one attached hydrogen (secondary N) is 1. The minimum absolute atomic E-state index is 0.0328. The van der Waals surface area contributed by atoms with Gasteiger partial charge in [-0.2, -0.15) is 0 Å². The Bertz CT molecular complexity index is 2170. The van der Waals surface area contributed by atoms with Crippen molar-refractivity contribution in [2.75, 3.05) is 46.8 Å². The molecule has 1 amide bonds. The number of aliphatic hydroxyl groups is 2. The van der Waals surface area contributed by atoms with Gasteiger partial charge in [-0.3, -0.25) is 14.5 Å². The molecular weight excluding hydrogens is 857 g/mol. The molecule has 2 heterocycles. The van der Waals surface area contributed by atoms with Crippen LogP contribution in [0.2, 0.25) is 0 Å². The Morgan fingerprint density at radius 1 is 0.970 bits per heavy atom. The van der Waals surface area contributed by atoms with Crippen LogP contribution in [-0.4, -0.2) is 145 Å². The summed E-state index contributed by atoms with van der Waals surface area (Å²) in [4.78, 5) is 73.5. The summed E-state index contributed by atoms with van der Waals surface area (Å²) in [6.07, 6.45) is -9.52. The number of ketones is 1. The molecule has 17 heteroatoms. The highest BCUT2D eigenvalue weighted by molar-refractivity contribution is 5.94. The third-order valence-electron chi connectivity index (χ3n) is 14.3. The van der Waals surface area contributed by atoms with Crippen LogP contribution < -0.4 is 5.32 Å². The number of ether oxygens (including phenoxy) is 8. The predicted molar refractivity (Wildman–Crippen MR) is 235 cm³/mol. The number of rotatable bonds is 12. The number of aliphatic hydroxyl groups excluding tert-OH is 1. The zero-order chi connectivity index (χ0) is 48.0. The van der Waals surface area contributed by atoms with Crippen molar-refractivity contribution in [1.29, 1.82) is 0 Å². The Labute approximate surface area is 385 Å². The Kier molecular flexibility index (Phi) is 14.0. The van der Waals surface area contributed by atoms with Crippen LogP contribution in [-0.2, 0) is 52.3 Å². The van der Waals surface area contributed by atoms with Gasteiger partial charge in [0, 0.05) is 45.4 Å². The summed E-state index contributed by atoms with van der Waals surface area (Å²) in [5, 5.41) is 28.5. The third-order valence-corrected chi connectivity index (χ3v) is 14.3. The van der Waals surface area contributed by atoms with Crippen LogP contribution in [0.3, 0.4) is 0 Å². The molecule has 7 rings (SSSR count). The van der Waals surface area contributed by atoms with Crippen molar-refractivity contribution in [2.45, 2.75) is 128 Å². The average molecular weight is 921 g/mol. The van der Waals surface area contributed by atoms with Gasteiger partial charge in [-0.25, -0.2) is 14.4 Å². The van der Waals surface area contributed by atoms with E-state index in [1.807, 2.05) is 4.90 Å². The number of hydrogen-bond acceptors (Lipinski definition) is 16. The van der Waals surface area contributed by atoms with Crippen molar-refractivity contribution < 1.29 is 72.1 Å². The Morgan fingerprint density at radius 2 is 1.61 bits per heavy atom. The van der Waals surface area contributed by atoms with Crippen molar-refractivity contribution in [2.24, 2.45) is 16.7 Å². The molecule has 17 nitrogen and oxygen atoms in total. The van der Waals surface area contributed by atoms with Crippen molar-refractivity contribution in [3.05, 3.63) is 82.9 Å². The molecule has 0 unspecified atom stereocenters. The van der Waals surface area contributed by atoms with Crippen LogP contribution in [0.1, 0.15) is 90.2 Å². The molecule has 3 N–H and O–H groups in total. The summed E-state index contributed by atoms with van der Waals surface area (Å²) in [7, 11) is 1.45. The second-order valence-electron chi connectivity index (χ2n) is 19.8. The first kappa shape index (κ1) is 49.2. The summed E-state index contributed by atoms with van der Waals surface area (Å²) < 4.78 is 49.2. The van der Waals surface area contributed by atoms with E-state index in [-0.39, 0.29) is 30.9 Å². The number of morpholine rings is 1. The number of hydrogen-bond donors (Lipinski definition) is 3. The van der Waals surface area contributed by atoms with Crippen LogP contribution in [0.15, 0.2) is 71.8 Å². The minimum atomic E-state index is -2.26. The number of amides is 1. The first-order chi connectivity index (χ1) is 31.1. The molecule has 2 aliphatic heterocycles.